The molecular weight excluding hydrogens is 387 g/mol. The zero-order chi connectivity index (χ0) is 21.3. The Bertz CT molecular complexity index is 943. The molecule has 0 unspecified atom stereocenters. The maximum absolute atomic E-state index is 13.5. The number of carbonyl (C=O) groups excluding carboxylic acids is 2. The van der Waals surface area contributed by atoms with Crippen molar-refractivity contribution >= 4 is 11.9 Å². The highest BCUT2D eigenvalue weighted by Crippen LogP contribution is 2.42. The quantitative estimate of drug-likeness (QED) is 0.672. The minimum atomic E-state index is -0.860. The third-order valence-corrected chi connectivity index (χ3v) is 6.22. The first-order chi connectivity index (χ1) is 14.4. The molecule has 1 saturated carbocycles. The van der Waals surface area contributed by atoms with Crippen molar-refractivity contribution in [3.05, 3.63) is 41.9 Å². The smallest absolute Gasteiger partial charge is 0.314 e. The van der Waals surface area contributed by atoms with Crippen LogP contribution >= 0.6 is 0 Å². The van der Waals surface area contributed by atoms with Gasteiger partial charge in [0.1, 0.15) is 17.3 Å². The Hall–Kier alpha value is -2.70. The number of nitrogens with zero attached hydrogens (tertiary/aromatic N) is 2. The van der Waals surface area contributed by atoms with E-state index in [2.05, 4.69) is 12.1 Å². The molecule has 2 fully saturated rings. The van der Waals surface area contributed by atoms with Crippen molar-refractivity contribution < 1.29 is 23.2 Å². The van der Waals surface area contributed by atoms with Crippen molar-refractivity contribution in [3.8, 4) is 11.3 Å². The van der Waals surface area contributed by atoms with Crippen LogP contribution in [0.2, 0.25) is 0 Å². The van der Waals surface area contributed by atoms with E-state index in [1.807, 2.05) is 4.90 Å². The number of benzene rings is 1. The molecule has 1 aliphatic heterocycles. The Kier molecular flexibility index (Phi) is 5.62. The highest BCUT2D eigenvalue weighted by atomic mass is 19.1. The van der Waals surface area contributed by atoms with Crippen LogP contribution in [0, 0.1) is 23.1 Å². The molecule has 4 rings (SSSR count). The molecule has 160 valence electrons. The standard InChI is InChI=1S/C23H27FN2O4/c1-3-29-22(28)23(8-5-9-26(14-23)21(27)19-10-15(19)2)13-18-12-20(25-30-18)16-6-4-7-17(24)11-16/h4,6-7,11-12,15,19H,3,5,8-10,13-14H2,1-2H3/t15-,19-,23-/m0/s1. The predicted octanol–water partition coefficient (Wildman–Crippen LogP) is 3.85. The van der Waals surface area contributed by atoms with Crippen LogP contribution in [0.1, 0.15) is 38.9 Å². The van der Waals surface area contributed by atoms with Crippen LogP contribution < -0.4 is 0 Å². The van der Waals surface area contributed by atoms with Gasteiger partial charge >= 0.3 is 5.97 Å². The third-order valence-electron chi connectivity index (χ3n) is 6.22. The number of halogens is 1. The lowest BCUT2D eigenvalue weighted by atomic mass is 9.76. The average molecular weight is 414 g/mol. The molecule has 3 atom stereocenters. The van der Waals surface area contributed by atoms with Gasteiger partial charge in [0.25, 0.3) is 0 Å². The zero-order valence-corrected chi connectivity index (χ0v) is 17.4. The molecule has 6 nitrogen and oxygen atoms in total. The largest absolute Gasteiger partial charge is 0.466 e. The second-order valence-electron chi connectivity index (χ2n) is 8.55. The molecule has 2 aromatic rings. The summed E-state index contributed by atoms with van der Waals surface area (Å²) in [5, 5.41) is 4.06. The zero-order valence-electron chi connectivity index (χ0n) is 17.4. The Morgan fingerprint density at radius 1 is 1.37 bits per heavy atom. The van der Waals surface area contributed by atoms with E-state index in [0.29, 0.717) is 42.4 Å². The summed E-state index contributed by atoms with van der Waals surface area (Å²) in [6, 6.07) is 7.86. The lowest BCUT2D eigenvalue weighted by molar-refractivity contribution is -0.161. The van der Waals surface area contributed by atoms with Gasteiger partial charge in [-0.3, -0.25) is 9.59 Å². The van der Waals surface area contributed by atoms with Crippen LogP contribution in [-0.2, 0) is 20.7 Å². The number of likely N-dealkylation sites (tertiary alicyclic amines) is 1. The molecule has 1 saturated heterocycles. The van der Waals surface area contributed by atoms with E-state index < -0.39 is 5.41 Å². The van der Waals surface area contributed by atoms with Crippen LogP contribution in [0.25, 0.3) is 11.3 Å². The fraction of sp³-hybridized carbons (Fsp3) is 0.522. The summed E-state index contributed by atoms with van der Waals surface area (Å²) < 4.78 is 24.4. The first-order valence-electron chi connectivity index (χ1n) is 10.6. The number of amides is 1. The van der Waals surface area contributed by atoms with Crippen LogP contribution in [-0.4, -0.2) is 41.6 Å². The highest BCUT2D eigenvalue weighted by Gasteiger charge is 2.49. The molecule has 1 aliphatic carbocycles. The number of hydrogen-bond donors (Lipinski definition) is 0. The lowest BCUT2D eigenvalue weighted by Gasteiger charge is -2.40. The SMILES string of the molecule is CCOC(=O)[C@]1(Cc2cc(-c3cccc(F)c3)no2)CCCN(C(=O)[C@H]2C[C@@H]2C)C1. The first kappa shape index (κ1) is 20.6. The fourth-order valence-electron chi connectivity index (χ4n) is 4.40. The number of carbonyl (C=O) groups is 2. The maximum atomic E-state index is 13.5. The number of hydrogen-bond acceptors (Lipinski definition) is 5. The molecule has 0 N–H and O–H groups in total. The molecule has 0 radical (unpaired) electrons. The molecule has 7 heteroatoms. The van der Waals surface area contributed by atoms with Crippen LogP contribution in [0.3, 0.4) is 0 Å². The Labute approximate surface area is 175 Å². The van der Waals surface area contributed by atoms with Gasteiger partial charge in [0.2, 0.25) is 5.91 Å². The van der Waals surface area contributed by atoms with Crippen molar-refractivity contribution in [2.24, 2.45) is 17.3 Å². The van der Waals surface area contributed by atoms with Gasteiger partial charge in [0.05, 0.1) is 12.0 Å². The van der Waals surface area contributed by atoms with E-state index >= 15 is 0 Å². The van der Waals surface area contributed by atoms with E-state index in [9.17, 15) is 14.0 Å². The Morgan fingerprint density at radius 2 is 2.17 bits per heavy atom. The Balaban J connectivity index is 1.57. The lowest BCUT2D eigenvalue weighted by Crippen LogP contribution is -2.52. The average Bonchev–Trinajstić information content (AvgIpc) is 3.28. The van der Waals surface area contributed by atoms with Crippen LogP contribution in [0.5, 0.6) is 0 Å². The molecule has 2 heterocycles. The van der Waals surface area contributed by atoms with E-state index in [1.165, 1.54) is 12.1 Å². The monoisotopic (exact) mass is 414 g/mol. The van der Waals surface area contributed by atoms with Crippen molar-refractivity contribution in [1.82, 2.24) is 10.1 Å². The normalized spacial score (nSPS) is 25.8. The molecule has 0 spiro atoms. The Morgan fingerprint density at radius 3 is 2.87 bits per heavy atom. The van der Waals surface area contributed by atoms with Gasteiger partial charge < -0.3 is 14.2 Å². The minimum absolute atomic E-state index is 0.0767. The summed E-state index contributed by atoms with van der Waals surface area (Å²) in [5.74, 6) is 0.489. The predicted molar refractivity (Wildman–Crippen MR) is 108 cm³/mol. The fourth-order valence-corrected chi connectivity index (χ4v) is 4.40. The summed E-state index contributed by atoms with van der Waals surface area (Å²) in [7, 11) is 0. The number of ether oxygens (including phenoxy) is 1. The van der Waals surface area contributed by atoms with E-state index in [0.717, 1.165) is 12.8 Å². The van der Waals surface area contributed by atoms with Gasteiger partial charge in [0, 0.05) is 37.1 Å². The first-order valence-corrected chi connectivity index (χ1v) is 10.6. The summed E-state index contributed by atoms with van der Waals surface area (Å²) in [5.41, 5.74) is 0.262. The summed E-state index contributed by atoms with van der Waals surface area (Å²) in [6.45, 7) is 5.12. The molecule has 0 bridgehead atoms. The van der Waals surface area contributed by atoms with Crippen molar-refractivity contribution in [1.29, 1.82) is 0 Å². The van der Waals surface area contributed by atoms with Gasteiger partial charge in [0.15, 0.2) is 0 Å². The topological polar surface area (TPSA) is 72.6 Å². The maximum Gasteiger partial charge on any atom is 0.314 e. The molecule has 2 aliphatic rings. The van der Waals surface area contributed by atoms with Gasteiger partial charge in [-0.15, -0.1) is 0 Å². The minimum Gasteiger partial charge on any atom is -0.466 e. The van der Waals surface area contributed by atoms with E-state index in [1.54, 1.807) is 25.1 Å². The second-order valence-corrected chi connectivity index (χ2v) is 8.55. The third kappa shape index (κ3) is 4.11. The number of esters is 1. The van der Waals surface area contributed by atoms with Crippen molar-refractivity contribution in [3.63, 3.8) is 0 Å². The molecule has 1 amide bonds. The molecular formula is C23H27FN2O4. The van der Waals surface area contributed by atoms with Crippen LogP contribution in [0.15, 0.2) is 34.9 Å². The highest BCUT2D eigenvalue weighted by molar-refractivity contribution is 5.84. The van der Waals surface area contributed by atoms with Gasteiger partial charge in [-0.25, -0.2) is 4.39 Å². The van der Waals surface area contributed by atoms with Gasteiger partial charge in [-0.05, 0) is 44.2 Å². The van der Waals surface area contributed by atoms with Gasteiger partial charge in [-0.2, -0.15) is 0 Å². The second kappa shape index (κ2) is 8.20. The number of piperidine rings is 1. The van der Waals surface area contributed by atoms with Crippen LogP contribution in [0.4, 0.5) is 4.39 Å². The molecule has 1 aromatic heterocycles. The van der Waals surface area contributed by atoms with Gasteiger partial charge in [-0.1, -0.05) is 24.2 Å². The molecule has 1 aromatic carbocycles. The summed E-state index contributed by atoms with van der Waals surface area (Å²) >= 11 is 0. The van der Waals surface area contributed by atoms with Crippen molar-refractivity contribution in [2.45, 2.75) is 39.5 Å². The number of rotatable bonds is 6. The van der Waals surface area contributed by atoms with Crippen molar-refractivity contribution in [2.75, 3.05) is 19.7 Å². The number of aromatic nitrogens is 1. The summed E-state index contributed by atoms with van der Waals surface area (Å²) in [4.78, 5) is 27.6. The van der Waals surface area contributed by atoms with E-state index in [-0.39, 0.29) is 36.6 Å². The molecule has 30 heavy (non-hydrogen) atoms. The van der Waals surface area contributed by atoms with E-state index in [4.69, 9.17) is 9.26 Å². The summed E-state index contributed by atoms with van der Waals surface area (Å²) in [6.07, 6.45) is 2.56.